The molecule has 0 saturated heterocycles. The molecule has 6 nitrogen and oxygen atoms in total. The highest BCUT2D eigenvalue weighted by molar-refractivity contribution is 7.83. The lowest BCUT2D eigenvalue weighted by atomic mass is 10.4. The van der Waals surface area contributed by atoms with E-state index in [1.807, 2.05) is 0 Å². The summed E-state index contributed by atoms with van der Waals surface area (Å²) < 4.78 is 31.0. The lowest BCUT2D eigenvalue weighted by molar-refractivity contribution is -0.894. The molecule has 3 N–H and O–H groups in total. The van der Waals surface area contributed by atoms with E-state index in [4.69, 9.17) is 16.7 Å². The van der Waals surface area contributed by atoms with E-state index in [0.717, 1.165) is 0 Å². The predicted molar refractivity (Wildman–Crippen MR) is 67.0 cm³/mol. The Bertz CT molecular complexity index is 252. The number of halogens is 1. The Kier molecular flexibility index (Phi) is 12.8. The number of quaternary nitrogens is 1. The molecule has 106 valence electrons. The first kappa shape index (κ1) is 19.4. The van der Waals surface area contributed by atoms with Crippen LogP contribution < -0.4 is 9.62 Å². The third-order valence-electron chi connectivity index (χ3n) is 2.17. The van der Waals surface area contributed by atoms with Gasteiger partial charge in [-0.25, -0.2) is 13.1 Å². The molecule has 0 aromatic carbocycles. The molecule has 0 heterocycles. The molecule has 0 fully saturated rings. The van der Waals surface area contributed by atoms with Gasteiger partial charge in [-0.2, -0.15) is 0 Å². The number of nitrogens with one attached hydrogen (secondary N) is 2. The number of aliphatic hydroxyl groups is 1. The van der Waals surface area contributed by atoms with E-state index in [1.54, 1.807) is 9.62 Å². The molecular formula is C9H23ClN2O4S. The average Bonchev–Trinajstić information content (AvgIpc) is 2.28. The molecule has 8 heteroatoms. The highest BCUT2D eigenvalue weighted by Crippen LogP contribution is 1.85. The predicted octanol–water partition coefficient (Wildman–Crippen LogP) is -1.43. The summed E-state index contributed by atoms with van der Waals surface area (Å²) in [5.74, 6) is -0.109. The van der Waals surface area contributed by atoms with Crippen LogP contribution in [0.3, 0.4) is 0 Å². The van der Waals surface area contributed by atoms with Crippen molar-refractivity contribution in [2.45, 2.75) is 26.9 Å². The summed E-state index contributed by atoms with van der Waals surface area (Å²) in [5.41, 5.74) is 0. The molecule has 0 spiro atoms. The lowest BCUT2D eigenvalue weighted by Gasteiger charge is -2.10. The monoisotopic (exact) mass is 290 g/mol. The van der Waals surface area contributed by atoms with Crippen molar-refractivity contribution in [3.8, 4) is 0 Å². The highest BCUT2D eigenvalue weighted by atomic mass is 35.5. The summed E-state index contributed by atoms with van der Waals surface area (Å²) >= 11 is 5.09. The van der Waals surface area contributed by atoms with Crippen LogP contribution in [0, 0.1) is 0 Å². The SMILES string of the molecule is CC[NH+](CC)CC.O=S(=O)([O-])NCC(O)CCl. The highest BCUT2D eigenvalue weighted by Gasteiger charge is 2.02. The molecule has 0 bridgehead atoms. The summed E-state index contributed by atoms with van der Waals surface area (Å²) in [5, 5.41) is 8.62. The second kappa shape index (κ2) is 11.2. The number of hydrogen-bond acceptors (Lipinski definition) is 4. The second-order valence-electron chi connectivity index (χ2n) is 3.42. The van der Waals surface area contributed by atoms with Gasteiger partial charge in [-0.05, 0) is 20.8 Å². The Labute approximate surface area is 109 Å². The molecule has 0 aromatic heterocycles. The van der Waals surface area contributed by atoms with Gasteiger partial charge in [0.2, 0.25) is 0 Å². The van der Waals surface area contributed by atoms with E-state index in [0.29, 0.717) is 0 Å². The molecule has 0 aliphatic carbocycles. The van der Waals surface area contributed by atoms with Gasteiger partial charge < -0.3 is 14.6 Å². The van der Waals surface area contributed by atoms with Gasteiger partial charge in [0.25, 0.3) is 0 Å². The summed E-state index contributed by atoms with van der Waals surface area (Å²) in [4.78, 5) is 1.68. The largest absolute Gasteiger partial charge is 0.735 e. The molecule has 0 rings (SSSR count). The lowest BCUT2D eigenvalue weighted by Crippen LogP contribution is -3.11. The van der Waals surface area contributed by atoms with Crippen molar-refractivity contribution in [1.82, 2.24) is 4.72 Å². The average molecular weight is 291 g/mol. The number of aliphatic hydroxyl groups excluding tert-OH is 1. The fourth-order valence-corrected chi connectivity index (χ4v) is 1.51. The standard InChI is InChI=1S/C6H15N.C3H8ClNO4S/c1-4-7(5-2)6-3;4-1-3(6)2-5-10(7,8)9/h4-6H2,1-3H3;3,5-6H,1-2H2,(H,7,8,9). The van der Waals surface area contributed by atoms with Crippen LogP contribution in [0.5, 0.6) is 0 Å². The zero-order chi connectivity index (χ0) is 13.9. The van der Waals surface area contributed by atoms with Crippen LogP contribution in [0.15, 0.2) is 0 Å². The van der Waals surface area contributed by atoms with Crippen molar-refractivity contribution in [2.24, 2.45) is 0 Å². The summed E-state index contributed by atoms with van der Waals surface area (Å²) in [6.45, 7) is 10.1. The topological polar surface area (TPSA) is 93.9 Å². The van der Waals surface area contributed by atoms with Crippen molar-refractivity contribution < 1.29 is 23.0 Å². The maximum atomic E-state index is 9.83. The van der Waals surface area contributed by atoms with Crippen LogP contribution in [0.1, 0.15) is 20.8 Å². The molecule has 0 aromatic rings. The Morgan fingerprint density at radius 3 is 1.88 bits per heavy atom. The van der Waals surface area contributed by atoms with Crippen molar-refractivity contribution in [3.05, 3.63) is 0 Å². The van der Waals surface area contributed by atoms with E-state index >= 15 is 0 Å². The van der Waals surface area contributed by atoms with Crippen LogP contribution in [0.4, 0.5) is 0 Å². The third kappa shape index (κ3) is 16.1. The Balaban J connectivity index is 0. The normalized spacial score (nSPS) is 13.1. The Morgan fingerprint density at radius 1 is 1.29 bits per heavy atom. The Hall–Kier alpha value is 0.0800. The van der Waals surface area contributed by atoms with E-state index in [9.17, 15) is 13.0 Å². The van der Waals surface area contributed by atoms with Gasteiger partial charge >= 0.3 is 0 Å². The quantitative estimate of drug-likeness (QED) is 0.396. The number of alkyl halides is 1. The van der Waals surface area contributed by atoms with Crippen molar-refractivity contribution >= 4 is 21.9 Å². The van der Waals surface area contributed by atoms with Gasteiger partial charge in [-0.15, -0.1) is 11.6 Å². The Morgan fingerprint density at radius 2 is 1.71 bits per heavy atom. The molecule has 1 unspecified atom stereocenters. The van der Waals surface area contributed by atoms with Crippen molar-refractivity contribution in [3.63, 3.8) is 0 Å². The third-order valence-corrected chi connectivity index (χ3v) is 3.05. The van der Waals surface area contributed by atoms with E-state index < -0.39 is 16.4 Å². The van der Waals surface area contributed by atoms with E-state index in [-0.39, 0.29) is 12.4 Å². The zero-order valence-electron chi connectivity index (χ0n) is 10.6. The van der Waals surface area contributed by atoms with Crippen LogP contribution in [-0.4, -0.2) is 56.2 Å². The minimum atomic E-state index is -4.45. The van der Waals surface area contributed by atoms with E-state index in [2.05, 4.69) is 20.8 Å². The minimum absolute atomic E-state index is 0.109. The summed E-state index contributed by atoms with van der Waals surface area (Å²) in [7, 11) is -4.45. The minimum Gasteiger partial charge on any atom is -0.735 e. The second-order valence-corrected chi connectivity index (χ2v) is 4.93. The van der Waals surface area contributed by atoms with Crippen LogP contribution in [-0.2, 0) is 10.3 Å². The smallest absolute Gasteiger partial charge is 0.159 e. The summed E-state index contributed by atoms with van der Waals surface area (Å²) in [6, 6.07) is 0. The summed E-state index contributed by atoms with van der Waals surface area (Å²) in [6.07, 6.45) is -1.01. The maximum absolute atomic E-state index is 9.83. The molecule has 0 amide bonds. The molecule has 1 atom stereocenters. The van der Waals surface area contributed by atoms with Gasteiger partial charge in [-0.1, -0.05) is 0 Å². The van der Waals surface area contributed by atoms with Crippen LogP contribution in [0.25, 0.3) is 0 Å². The fraction of sp³-hybridized carbons (Fsp3) is 1.00. The molecule has 0 radical (unpaired) electrons. The first-order valence-corrected chi connectivity index (χ1v) is 7.52. The zero-order valence-corrected chi connectivity index (χ0v) is 12.1. The first-order valence-electron chi connectivity index (χ1n) is 5.58. The van der Waals surface area contributed by atoms with Crippen molar-refractivity contribution in [2.75, 3.05) is 32.1 Å². The van der Waals surface area contributed by atoms with E-state index in [1.165, 1.54) is 19.6 Å². The molecule has 17 heavy (non-hydrogen) atoms. The van der Waals surface area contributed by atoms with Gasteiger partial charge in [0.1, 0.15) is 0 Å². The molecule has 0 saturated carbocycles. The fourth-order valence-electron chi connectivity index (χ4n) is 1.00. The molecule has 0 aliphatic heterocycles. The molecular weight excluding hydrogens is 268 g/mol. The maximum Gasteiger partial charge on any atom is 0.159 e. The van der Waals surface area contributed by atoms with Crippen LogP contribution >= 0.6 is 11.6 Å². The van der Waals surface area contributed by atoms with Gasteiger partial charge in [-0.3, -0.25) is 0 Å². The van der Waals surface area contributed by atoms with Crippen molar-refractivity contribution in [1.29, 1.82) is 0 Å². The number of rotatable bonds is 7. The van der Waals surface area contributed by atoms with Gasteiger partial charge in [0.15, 0.2) is 10.3 Å². The van der Waals surface area contributed by atoms with Gasteiger partial charge in [0, 0.05) is 12.4 Å². The van der Waals surface area contributed by atoms with Crippen LogP contribution in [0.2, 0.25) is 0 Å². The molecule has 0 aliphatic rings. The number of hydrogen-bond donors (Lipinski definition) is 3. The first-order chi connectivity index (χ1) is 7.80. The van der Waals surface area contributed by atoms with Gasteiger partial charge in [0.05, 0.1) is 25.7 Å².